The third-order valence-corrected chi connectivity index (χ3v) is 4.66. The number of rotatable bonds is 7. The molecule has 0 fully saturated rings. The molecule has 0 unspecified atom stereocenters. The minimum Gasteiger partial charge on any atom is -0.385 e. The molecule has 7 heteroatoms. The van der Waals surface area contributed by atoms with Crippen LogP contribution in [-0.4, -0.2) is 40.3 Å². The molecule has 0 radical (unpaired) electrons. The van der Waals surface area contributed by atoms with Crippen LogP contribution < -0.4 is 10.9 Å². The molecular formula is C20H24N4O3. The monoisotopic (exact) mass is 368 g/mol. The van der Waals surface area contributed by atoms with Crippen molar-refractivity contribution in [1.82, 2.24) is 19.4 Å². The third kappa shape index (κ3) is 3.78. The summed E-state index contributed by atoms with van der Waals surface area (Å²) in [6.45, 7) is 4.92. The van der Waals surface area contributed by atoms with Crippen molar-refractivity contribution in [2.24, 2.45) is 0 Å². The summed E-state index contributed by atoms with van der Waals surface area (Å²) in [4.78, 5) is 29.6. The molecule has 27 heavy (non-hydrogen) atoms. The Morgan fingerprint density at radius 1 is 1.22 bits per heavy atom. The number of ether oxygens (including phenoxy) is 1. The van der Waals surface area contributed by atoms with E-state index in [0.29, 0.717) is 24.2 Å². The number of amides is 1. The highest BCUT2D eigenvalue weighted by Crippen LogP contribution is 2.24. The van der Waals surface area contributed by atoms with Crippen LogP contribution in [0.1, 0.15) is 17.7 Å². The van der Waals surface area contributed by atoms with Crippen molar-refractivity contribution >= 4 is 16.9 Å². The lowest BCUT2D eigenvalue weighted by Gasteiger charge is -2.09. The van der Waals surface area contributed by atoms with Gasteiger partial charge < -0.3 is 10.1 Å². The van der Waals surface area contributed by atoms with Gasteiger partial charge in [-0.15, -0.1) is 0 Å². The topological polar surface area (TPSA) is 78.2 Å². The van der Waals surface area contributed by atoms with Gasteiger partial charge in [-0.2, -0.15) is 0 Å². The van der Waals surface area contributed by atoms with Gasteiger partial charge in [0.05, 0.1) is 5.39 Å². The van der Waals surface area contributed by atoms with E-state index in [0.717, 1.165) is 23.4 Å². The SMILES string of the molecule is COCCCNC(=O)Cn1cnc2c(c(C)c(C)n2-c2ccccc2)c1=O. The predicted octanol–water partition coefficient (Wildman–Crippen LogP) is 1.96. The Kier molecular flexibility index (Phi) is 5.71. The summed E-state index contributed by atoms with van der Waals surface area (Å²) < 4.78 is 8.28. The maximum Gasteiger partial charge on any atom is 0.263 e. The van der Waals surface area contributed by atoms with Gasteiger partial charge >= 0.3 is 0 Å². The first kappa shape index (κ1) is 18.8. The number of nitrogens with one attached hydrogen (secondary N) is 1. The maximum atomic E-state index is 13.0. The maximum absolute atomic E-state index is 13.0. The number of nitrogens with zero attached hydrogens (tertiary/aromatic N) is 3. The molecule has 1 aromatic carbocycles. The zero-order valence-electron chi connectivity index (χ0n) is 15.9. The summed E-state index contributed by atoms with van der Waals surface area (Å²) in [6, 6.07) is 9.80. The molecule has 0 atom stereocenters. The van der Waals surface area contributed by atoms with Crippen LogP contribution in [0.5, 0.6) is 0 Å². The molecule has 2 heterocycles. The summed E-state index contributed by atoms with van der Waals surface area (Å²) in [5.41, 5.74) is 3.19. The number of aryl methyl sites for hydroxylation is 1. The van der Waals surface area contributed by atoms with Crippen LogP contribution in [0.2, 0.25) is 0 Å². The average Bonchev–Trinajstić information content (AvgIpc) is 2.93. The molecule has 0 aliphatic heterocycles. The molecule has 0 saturated carbocycles. The van der Waals surface area contributed by atoms with Crippen LogP contribution >= 0.6 is 0 Å². The van der Waals surface area contributed by atoms with E-state index in [1.807, 2.05) is 48.7 Å². The van der Waals surface area contributed by atoms with Gasteiger partial charge in [0.15, 0.2) is 5.65 Å². The second kappa shape index (κ2) is 8.18. The lowest BCUT2D eigenvalue weighted by molar-refractivity contribution is -0.121. The van der Waals surface area contributed by atoms with Gasteiger partial charge in [0.2, 0.25) is 5.91 Å². The molecule has 3 rings (SSSR count). The second-order valence-electron chi connectivity index (χ2n) is 6.45. The molecule has 0 aliphatic carbocycles. The fraction of sp³-hybridized carbons (Fsp3) is 0.350. The second-order valence-corrected chi connectivity index (χ2v) is 6.45. The van der Waals surface area contributed by atoms with E-state index < -0.39 is 0 Å². The molecule has 2 aromatic heterocycles. The van der Waals surface area contributed by atoms with E-state index in [2.05, 4.69) is 10.3 Å². The Balaban J connectivity index is 1.93. The minimum absolute atomic E-state index is 0.0518. The lowest BCUT2D eigenvalue weighted by atomic mass is 10.2. The first-order valence-electron chi connectivity index (χ1n) is 8.92. The van der Waals surface area contributed by atoms with E-state index in [-0.39, 0.29) is 18.0 Å². The number of fused-ring (bicyclic) bond motifs is 1. The number of aromatic nitrogens is 3. The summed E-state index contributed by atoms with van der Waals surface area (Å²) in [5, 5.41) is 3.33. The summed E-state index contributed by atoms with van der Waals surface area (Å²) in [5.74, 6) is -0.216. The van der Waals surface area contributed by atoms with Crippen LogP contribution in [0.3, 0.4) is 0 Å². The van der Waals surface area contributed by atoms with Crippen molar-refractivity contribution in [2.45, 2.75) is 26.8 Å². The number of hydrogen-bond donors (Lipinski definition) is 1. The Bertz CT molecular complexity index is 1010. The van der Waals surface area contributed by atoms with Gasteiger partial charge in [0, 0.05) is 31.6 Å². The van der Waals surface area contributed by atoms with E-state index in [9.17, 15) is 9.59 Å². The van der Waals surface area contributed by atoms with Crippen LogP contribution in [0, 0.1) is 13.8 Å². The van der Waals surface area contributed by atoms with Crippen molar-refractivity contribution in [1.29, 1.82) is 0 Å². The van der Waals surface area contributed by atoms with Crippen molar-refractivity contribution in [3.05, 3.63) is 58.3 Å². The van der Waals surface area contributed by atoms with Crippen molar-refractivity contribution in [3.8, 4) is 5.69 Å². The summed E-state index contributed by atoms with van der Waals surface area (Å²) >= 11 is 0. The number of methoxy groups -OCH3 is 1. The molecule has 7 nitrogen and oxygen atoms in total. The van der Waals surface area contributed by atoms with Gasteiger partial charge in [0.1, 0.15) is 12.9 Å². The highest BCUT2D eigenvalue weighted by atomic mass is 16.5. The van der Waals surface area contributed by atoms with Gasteiger partial charge in [-0.05, 0) is 38.0 Å². The Morgan fingerprint density at radius 3 is 2.67 bits per heavy atom. The number of benzene rings is 1. The van der Waals surface area contributed by atoms with Gasteiger partial charge in [-0.1, -0.05) is 18.2 Å². The fourth-order valence-corrected chi connectivity index (χ4v) is 3.15. The Labute approximate surface area is 157 Å². The van der Waals surface area contributed by atoms with Gasteiger partial charge in [0.25, 0.3) is 5.56 Å². The predicted molar refractivity (Wildman–Crippen MR) is 104 cm³/mol. The smallest absolute Gasteiger partial charge is 0.263 e. The lowest BCUT2D eigenvalue weighted by Crippen LogP contribution is -2.33. The molecule has 0 saturated heterocycles. The van der Waals surface area contributed by atoms with Crippen LogP contribution in [0.25, 0.3) is 16.7 Å². The minimum atomic E-state index is -0.216. The number of hydrogen-bond acceptors (Lipinski definition) is 4. The molecule has 0 bridgehead atoms. The van der Waals surface area contributed by atoms with Crippen molar-refractivity contribution in [2.75, 3.05) is 20.3 Å². The summed E-state index contributed by atoms with van der Waals surface area (Å²) in [7, 11) is 1.62. The Hall–Kier alpha value is -2.93. The van der Waals surface area contributed by atoms with E-state index in [1.54, 1.807) is 7.11 Å². The van der Waals surface area contributed by atoms with Crippen LogP contribution in [0.15, 0.2) is 41.5 Å². The van der Waals surface area contributed by atoms with E-state index in [1.165, 1.54) is 10.9 Å². The highest BCUT2D eigenvalue weighted by Gasteiger charge is 2.18. The largest absolute Gasteiger partial charge is 0.385 e. The Morgan fingerprint density at radius 2 is 1.96 bits per heavy atom. The normalized spacial score (nSPS) is 11.1. The number of carbonyl (C=O) groups excluding carboxylic acids is 1. The van der Waals surface area contributed by atoms with Crippen LogP contribution in [-0.2, 0) is 16.1 Å². The third-order valence-electron chi connectivity index (χ3n) is 4.66. The van der Waals surface area contributed by atoms with Crippen LogP contribution in [0.4, 0.5) is 0 Å². The van der Waals surface area contributed by atoms with E-state index >= 15 is 0 Å². The van der Waals surface area contributed by atoms with Gasteiger partial charge in [-0.25, -0.2) is 4.98 Å². The zero-order valence-corrected chi connectivity index (χ0v) is 15.9. The van der Waals surface area contributed by atoms with Crippen molar-refractivity contribution < 1.29 is 9.53 Å². The molecule has 3 aromatic rings. The molecule has 142 valence electrons. The first-order valence-corrected chi connectivity index (χ1v) is 8.92. The van der Waals surface area contributed by atoms with E-state index in [4.69, 9.17) is 4.74 Å². The molecule has 1 amide bonds. The molecule has 0 spiro atoms. The fourth-order valence-electron chi connectivity index (χ4n) is 3.15. The summed E-state index contributed by atoms with van der Waals surface area (Å²) in [6.07, 6.45) is 2.17. The average molecular weight is 368 g/mol. The van der Waals surface area contributed by atoms with Crippen molar-refractivity contribution in [3.63, 3.8) is 0 Å². The highest BCUT2D eigenvalue weighted by molar-refractivity contribution is 5.83. The first-order chi connectivity index (χ1) is 13.0. The zero-order chi connectivity index (χ0) is 19.4. The standard InChI is InChI=1S/C20H24N4O3/c1-14-15(2)24(16-8-5-4-6-9-16)19-18(14)20(26)23(13-22-19)12-17(25)21-10-7-11-27-3/h4-6,8-9,13H,7,10-12H2,1-3H3,(H,21,25). The molecule has 1 N–H and O–H groups in total. The number of para-hydroxylation sites is 1. The quantitative estimate of drug-likeness (QED) is 0.647. The molecular weight excluding hydrogens is 344 g/mol. The number of carbonyl (C=O) groups is 1. The van der Waals surface area contributed by atoms with Gasteiger partial charge in [-0.3, -0.25) is 18.7 Å². The molecule has 0 aliphatic rings.